The molecule has 0 bridgehead atoms. The molecule has 0 amide bonds. The van der Waals surface area contributed by atoms with Gasteiger partial charge in [0.1, 0.15) is 0 Å². The molecule has 16 heavy (non-hydrogen) atoms. The fourth-order valence-electron chi connectivity index (χ4n) is 2.26. The minimum Gasteiger partial charge on any atom is -0.392 e. The highest BCUT2D eigenvalue weighted by molar-refractivity contribution is 7.12. The van der Waals surface area contributed by atoms with Gasteiger partial charge in [0.15, 0.2) is 0 Å². The van der Waals surface area contributed by atoms with E-state index in [9.17, 15) is 5.11 Å². The van der Waals surface area contributed by atoms with Gasteiger partial charge in [-0.25, -0.2) is 0 Å². The predicted octanol–water partition coefficient (Wildman–Crippen LogP) is 2.87. The zero-order valence-corrected chi connectivity index (χ0v) is 11.3. The molecule has 1 saturated carbocycles. The molecule has 3 unspecified atom stereocenters. The normalized spacial score (nSPS) is 29.8. The Bertz CT molecular complexity index is 372. The van der Waals surface area contributed by atoms with E-state index in [0.717, 1.165) is 6.42 Å². The number of nitrogens with one attached hydrogen (secondary N) is 1. The van der Waals surface area contributed by atoms with Crippen molar-refractivity contribution in [2.24, 2.45) is 5.41 Å². The lowest BCUT2D eigenvalue weighted by Gasteiger charge is -2.50. The Morgan fingerprint density at radius 3 is 2.62 bits per heavy atom. The first kappa shape index (κ1) is 12.1. The minimum absolute atomic E-state index is 0.0144. The summed E-state index contributed by atoms with van der Waals surface area (Å²) in [6.45, 7) is 8.60. The van der Waals surface area contributed by atoms with Crippen LogP contribution in [0.3, 0.4) is 0 Å². The average molecular weight is 239 g/mol. The molecule has 1 fully saturated rings. The fraction of sp³-hybridized carbons (Fsp3) is 0.692. The van der Waals surface area contributed by atoms with Crippen molar-refractivity contribution in [1.29, 1.82) is 0 Å². The summed E-state index contributed by atoms with van der Waals surface area (Å²) in [5, 5.41) is 13.3. The summed E-state index contributed by atoms with van der Waals surface area (Å²) in [7, 11) is 0. The van der Waals surface area contributed by atoms with Crippen molar-refractivity contribution in [3.8, 4) is 0 Å². The highest BCUT2D eigenvalue weighted by Gasteiger charge is 2.47. The molecule has 1 heterocycles. The molecule has 1 aromatic rings. The molecular weight excluding hydrogens is 218 g/mol. The van der Waals surface area contributed by atoms with Crippen molar-refractivity contribution in [3.63, 3.8) is 0 Å². The zero-order chi connectivity index (χ0) is 11.9. The highest BCUT2D eigenvalue weighted by Crippen LogP contribution is 2.41. The minimum atomic E-state index is -0.151. The summed E-state index contributed by atoms with van der Waals surface area (Å²) in [4.78, 5) is 2.74. The molecule has 1 aliphatic rings. The summed E-state index contributed by atoms with van der Waals surface area (Å²) in [5.74, 6) is 0. The first-order valence-corrected chi connectivity index (χ1v) is 6.73. The van der Waals surface area contributed by atoms with Crippen LogP contribution >= 0.6 is 11.3 Å². The average Bonchev–Trinajstić information content (AvgIpc) is 2.64. The summed E-state index contributed by atoms with van der Waals surface area (Å²) in [6.07, 6.45) is 0.726. The molecule has 0 spiro atoms. The smallest absolute Gasteiger partial charge is 0.0621 e. The number of hydrogen-bond donors (Lipinski definition) is 2. The van der Waals surface area contributed by atoms with E-state index in [-0.39, 0.29) is 11.5 Å². The van der Waals surface area contributed by atoms with E-state index in [0.29, 0.717) is 12.1 Å². The highest BCUT2D eigenvalue weighted by atomic mass is 32.1. The second-order valence-electron chi connectivity index (χ2n) is 5.46. The Balaban J connectivity index is 1.96. The van der Waals surface area contributed by atoms with Crippen molar-refractivity contribution in [2.45, 2.75) is 52.3 Å². The number of hydrogen-bond acceptors (Lipinski definition) is 3. The van der Waals surface area contributed by atoms with Crippen LogP contribution < -0.4 is 5.32 Å². The van der Waals surface area contributed by atoms with Crippen LogP contribution in [0.5, 0.6) is 0 Å². The summed E-state index contributed by atoms with van der Waals surface area (Å²) >= 11 is 1.85. The van der Waals surface area contributed by atoms with Gasteiger partial charge in [-0.05, 0) is 32.4 Å². The van der Waals surface area contributed by atoms with E-state index in [4.69, 9.17) is 0 Å². The third-order valence-electron chi connectivity index (χ3n) is 3.86. The van der Waals surface area contributed by atoms with Crippen LogP contribution in [0.1, 0.15) is 43.0 Å². The van der Waals surface area contributed by atoms with Crippen LogP contribution in [-0.4, -0.2) is 17.3 Å². The van der Waals surface area contributed by atoms with Crippen molar-refractivity contribution in [1.82, 2.24) is 5.32 Å². The van der Waals surface area contributed by atoms with Crippen molar-refractivity contribution >= 4 is 11.3 Å². The number of thiophene rings is 1. The van der Waals surface area contributed by atoms with Gasteiger partial charge in [-0.15, -0.1) is 11.3 Å². The standard InChI is InChI=1S/C13H21NOS/c1-8-5-6-10(16-8)9(2)14-11-7-12(15)13(11,3)4/h5-6,9,11-12,14-15H,7H2,1-4H3. The van der Waals surface area contributed by atoms with Gasteiger partial charge in [0.05, 0.1) is 6.10 Å². The number of aliphatic hydroxyl groups excluding tert-OH is 1. The third-order valence-corrected chi connectivity index (χ3v) is 5.04. The van der Waals surface area contributed by atoms with Crippen LogP contribution in [0, 0.1) is 12.3 Å². The van der Waals surface area contributed by atoms with Crippen LogP contribution in [0.25, 0.3) is 0 Å². The van der Waals surface area contributed by atoms with Gasteiger partial charge in [-0.1, -0.05) is 13.8 Å². The first-order chi connectivity index (χ1) is 7.41. The van der Waals surface area contributed by atoms with Gasteiger partial charge in [0, 0.05) is 27.3 Å². The Labute approximate surface area is 102 Å². The maximum Gasteiger partial charge on any atom is 0.0621 e. The van der Waals surface area contributed by atoms with E-state index < -0.39 is 0 Å². The Morgan fingerprint density at radius 2 is 2.19 bits per heavy atom. The maximum absolute atomic E-state index is 9.70. The monoisotopic (exact) mass is 239 g/mol. The molecule has 2 N–H and O–H groups in total. The van der Waals surface area contributed by atoms with Gasteiger partial charge in [0.2, 0.25) is 0 Å². The molecular formula is C13H21NOS. The van der Waals surface area contributed by atoms with Crippen molar-refractivity contribution in [3.05, 3.63) is 21.9 Å². The van der Waals surface area contributed by atoms with E-state index in [1.807, 2.05) is 11.3 Å². The lowest BCUT2D eigenvalue weighted by molar-refractivity contribution is -0.0753. The number of aliphatic hydroxyl groups is 1. The van der Waals surface area contributed by atoms with Gasteiger partial charge in [0.25, 0.3) is 0 Å². The number of rotatable bonds is 3. The summed E-state index contributed by atoms with van der Waals surface area (Å²) in [5.41, 5.74) is 0.0144. The summed E-state index contributed by atoms with van der Waals surface area (Å²) in [6, 6.07) is 5.17. The van der Waals surface area contributed by atoms with Crippen molar-refractivity contribution < 1.29 is 5.11 Å². The Morgan fingerprint density at radius 1 is 1.50 bits per heavy atom. The molecule has 1 aliphatic carbocycles. The Hall–Kier alpha value is -0.380. The molecule has 1 aromatic heterocycles. The second-order valence-corrected chi connectivity index (χ2v) is 6.78. The van der Waals surface area contributed by atoms with Crippen LogP contribution in [-0.2, 0) is 0 Å². The first-order valence-electron chi connectivity index (χ1n) is 5.91. The number of aryl methyl sites for hydroxylation is 1. The maximum atomic E-state index is 9.70. The predicted molar refractivity (Wildman–Crippen MR) is 68.8 cm³/mol. The molecule has 0 aromatic carbocycles. The topological polar surface area (TPSA) is 32.3 Å². The molecule has 2 nitrogen and oxygen atoms in total. The Kier molecular flexibility index (Phi) is 3.12. The van der Waals surface area contributed by atoms with Crippen LogP contribution in [0.4, 0.5) is 0 Å². The molecule has 2 rings (SSSR count). The lowest BCUT2D eigenvalue weighted by atomic mass is 9.64. The largest absolute Gasteiger partial charge is 0.392 e. The van der Waals surface area contributed by atoms with E-state index in [1.54, 1.807) is 0 Å². The van der Waals surface area contributed by atoms with Gasteiger partial charge in [-0.3, -0.25) is 0 Å². The van der Waals surface area contributed by atoms with E-state index in [2.05, 4.69) is 45.1 Å². The van der Waals surface area contributed by atoms with Gasteiger partial charge < -0.3 is 10.4 Å². The fourth-order valence-corrected chi connectivity index (χ4v) is 3.14. The zero-order valence-electron chi connectivity index (χ0n) is 10.4. The molecule has 90 valence electrons. The quantitative estimate of drug-likeness (QED) is 0.850. The summed E-state index contributed by atoms with van der Waals surface area (Å²) < 4.78 is 0. The van der Waals surface area contributed by atoms with E-state index in [1.165, 1.54) is 9.75 Å². The molecule has 0 saturated heterocycles. The van der Waals surface area contributed by atoms with Gasteiger partial charge >= 0.3 is 0 Å². The second kappa shape index (κ2) is 4.13. The van der Waals surface area contributed by atoms with Crippen molar-refractivity contribution in [2.75, 3.05) is 0 Å². The van der Waals surface area contributed by atoms with Gasteiger partial charge in [-0.2, -0.15) is 0 Å². The van der Waals surface area contributed by atoms with Crippen LogP contribution in [0.15, 0.2) is 12.1 Å². The molecule has 0 radical (unpaired) electrons. The van der Waals surface area contributed by atoms with E-state index >= 15 is 0 Å². The molecule has 3 atom stereocenters. The SMILES string of the molecule is Cc1ccc(C(C)NC2CC(O)C2(C)C)s1. The molecule has 0 aliphatic heterocycles. The van der Waals surface area contributed by atoms with Crippen LogP contribution in [0.2, 0.25) is 0 Å². The third kappa shape index (κ3) is 2.04. The lowest BCUT2D eigenvalue weighted by Crippen LogP contribution is -2.60. The molecule has 3 heteroatoms.